The van der Waals surface area contributed by atoms with Crippen molar-refractivity contribution in [3.05, 3.63) is 0 Å². The van der Waals surface area contributed by atoms with E-state index >= 15 is 0 Å². The van der Waals surface area contributed by atoms with Gasteiger partial charge in [-0.05, 0) is 57.5 Å². The summed E-state index contributed by atoms with van der Waals surface area (Å²) >= 11 is 0. The van der Waals surface area contributed by atoms with Crippen molar-refractivity contribution in [3.8, 4) is 0 Å². The molecule has 2 N–H and O–H groups in total. The van der Waals surface area contributed by atoms with E-state index in [9.17, 15) is 9.59 Å². The van der Waals surface area contributed by atoms with Gasteiger partial charge in [0.25, 0.3) is 0 Å². The SMILES string of the molecule is O=C(O)CC1CC2CCC(C1)N2C(=O)C1CCNCC1. The Balaban J connectivity index is 1.64. The van der Waals surface area contributed by atoms with Crippen molar-refractivity contribution in [2.45, 2.75) is 57.0 Å². The van der Waals surface area contributed by atoms with E-state index in [1.54, 1.807) is 0 Å². The molecule has 3 heterocycles. The second-order valence-corrected chi connectivity index (χ2v) is 6.59. The highest BCUT2D eigenvalue weighted by Gasteiger charge is 2.45. The third kappa shape index (κ3) is 2.68. The molecule has 3 rings (SSSR count). The number of carboxylic acid groups (broad SMARTS) is 1. The molecule has 0 spiro atoms. The van der Waals surface area contributed by atoms with Crippen molar-refractivity contribution in [1.29, 1.82) is 0 Å². The number of rotatable bonds is 3. The summed E-state index contributed by atoms with van der Waals surface area (Å²) in [5.41, 5.74) is 0. The Morgan fingerprint density at radius 3 is 2.20 bits per heavy atom. The van der Waals surface area contributed by atoms with Crippen molar-refractivity contribution >= 4 is 11.9 Å². The van der Waals surface area contributed by atoms with Crippen LogP contribution in [0.2, 0.25) is 0 Å². The largest absolute Gasteiger partial charge is 0.481 e. The normalized spacial score (nSPS) is 34.2. The molecule has 3 saturated heterocycles. The van der Waals surface area contributed by atoms with Gasteiger partial charge < -0.3 is 15.3 Å². The summed E-state index contributed by atoms with van der Waals surface area (Å²) in [6.45, 7) is 1.89. The number of hydrogen-bond acceptors (Lipinski definition) is 3. The number of nitrogens with one attached hydrogen (secondary N) is 1. The average molecular weight is 280 g/mol. The van der Waals surface area contributed by atoms with E-state index in [0.29, 0.717) is 18.0 Å². The fraction of sp³-hybridized carbons (Fsp3) is 0.867. The van der Waals surface area contributed by atoms with Gasteiger partial charge in [-0.15, -0.1) is 0 Å². The van der Waals surface area contributed by atoms with Crippen LogP contribution in [-0.2, 0) is 9.59 Å². The lowest BCUT2D eigenvalue weighted by atomic mass is 9.86. The molecule has 0 radical (unpaired) electrons. The van der Waals surface area contributed by atoms with Crippen LogP contribution in [0, 0.1) is 11.8 Å². The standard InChI is InChI=1S/C15H24N2O3/c18-14(19)9-10-7-12-1-2-13(8-10)17(12)15(20)11-3-5-16-6-4-11/h10-13,16H,1-9H2,(H,18,19). The predicted octanol–water partition coefficient (Wildman–Crippen LogP) is 1.23. The van der Waals surface area contributed by atoms with Gasteiger partial charge in [0.1, 0.15) is 0 Å². The Kier molecular flexibility index (Phi) is 3.96. The third-order valence-electron chi connectivity index (χ3n) is 5.24. The highest BCUT2D eigenvalue weighted by atomic mass is 16.4. The minimum Gasteiger partial charge on any atom is -0.481 e. The van der Waals surface area contributed by atoms with Crippen molar-refractivity contribution in [3.63, 3.8) is 0 Å². The van der Waals surface area contributed by atoms with Crippen LogP contribution < -0.4 is 5.32 Å². The first kappa shape index (κ1) is 13.9. The lowest BCUT2D eigenvalue weighted by Gasteiger charge is -2.41. The van der Waals surface area contributed by atoms with Crippen molar-refractivity contribution in [2.24, 2.45) is 11.8 Å². The molecule has 0 aromatic carbocycles. The number of piperidine rings is 2. The van der Waals surface area contributed by atoms with Crippen LogP contribution in [0.4, 0.5) is 0 Å². The van der Waals surface area contributed by atoms with Crippen LogP contribution >= 0.6 is 0 Å². The van der Waals surface area contributed by atoms with Crippen molar-refractivity contribution in [1.82, 2.24) is 10.2 Å². The van der Waals surface area contributed by atoms with Gasteiger partial charge in [-0.25, -0.2) is 0 Å². The number of aliphatic carboxylic acids is 1. The monoisotopic (exact) mass is 280 g/mol. The van der Waals surface area contributed by atoms with Crippen LogP contribution in [0.5, 0.6) is 0 Å². The van der Waals surface area contributed by atoms with E-state index in [1.165, 1.54) is 0 Å². The molecular weight excluding hydrogens is 256 g/mol. The Morgan fingerprint density at radius 1 is 1.05 bits per heavy atom. The number of nitrogens with zero attached hydrogens (tertiary/aromatic N) is 1. The van der Waals surface area contributed by atoms with Gasteiger partial charge in [-0.3, -0.25) is 9.59 Å². The summed E-state index contributed by atoms with van der Waals surface area (Å²) in [6.07, 6.45) is 6.08. The second kappa shape index (κ2) is 5.72. The summed E-state index contributed by atoms with van der Waals surface area (Å²) < 4.78 is 0. The Bertz CT molecular complexity index is 379. The molecular formula is C15H24N2O3. The Hall–Kier alpha value is -1.10. The maximum atomic E-state index is 12.7. The lowest BCUT2D eigenvalue weighted by molar-refractivity contribution is -0.143. The van der Waals surface area contributed by atoms with E-state index in [2.05, 4.69) is 10.2 Å². The molecule has 0 aromatic rings. The van der Waals surface area contributed by atoms with E-state index in [-0.39, 0.29) is 18.3 Å². The molecule has 2 atom stereocenters. The maximum absolute atomic E-state index is 12.7. The Morgan fingerprint density at radius 2 is 1.65 bits per heavy atom. The first-order valence-corrected chi connectivity index (χ1v) is 7.90. The van der Waals surface area contributed by atoms with E-state index < -0.39 is 5.97 Å². The quantitative estimate of drug-likeness (QED) is 0.816. The number of carbonyl (C=O) groups is 2. The fourth-order valence-corrected chi connectivity index (χ4v) is 4.34. The average Bonchev–Trinajstić information content (AvgIpc) is 2.70. The number of carboxylic acids is 1. The zero-order valence-corrected chi connectivity index (χ0v) is 11.9. The van der Waals surface area contributed by atoms with Crippen molar-refractivity contribution in [2.75, 3.05) is 13.1 Å². The molecule has 0 aliphatic carbocycles. The molecule has 1 amide bonds. The first-order chi connectivity index (χ1) is 9.65. The maximum Gasteiger partial charge on any atom is 0.303 e. The molecule has 3 fully saturated rings. The van der Waals surface area contributed by atoms with Gasteiger partial charge in [0.15, 0.2) is 0 Å². The highest BCUT2D eigenvalue weighted by molar-refractivity contribution is 5.80. The summed E-state index contributed by atoms with van der Waals surface area (Å²) in [7, 11) is 0. The molecule has 3 aliphatic heterocycles. The molecule has 5 nitrogen and oxygen atoms in total. The van der Waals surface area contributed by atoms with Crippen LogP contribution in [0.1, 0.15) is 44.9 Å². The molecule has 2 bridgehead atoms. The predicted molar refractivity (Wildman–Crippen MR) is 74.2 cm³/mol. The smallest absolute Gasteiger partial charge is 0.303 e. The van der Waals surface area contributed by atoms with Crippen LogP contribution in [0.3, 0.4) is 0 Å². The van der Waals surface area contributed by atoms with E-state index in [1.807, 2.05) is 0 Å². The van der Waals surface area contributed by atoms with E-state index in [4.69, 9.17) is 5.11 Å². The molecule has 5 heteroatoms. The summed E-state index contributed by atoms with van der Waals surface area (Å²) in [4.78, 5) is 25.7. The van der Waals surface area contributed by atoms with Crippen molar-refractivity contribution < 1.29 is 14.7 Å². The first-order valence-electron chi connectivity index (χ1n) is 7.90. The van der Waals surface area contributed by atoms with Gasteiger partial charge >= 0.3 is 5.97 Å². The molecule has 2 unspecified atom stereocenters. The lowest BCUT2D eigenvalue weighted by Crippen LogP contribution is -2.50. The summed E-state index contributed by atoms with van der Waals surface area (Å²) in [5.74, 6) is 0.0951. The minimum absolute atomic E-state index is 0.190. The van der Waals surface area contributed by atoms with Crippen LogP contribution in [0.15, 0.2) is 0 Å². The van der Waals surface area contributed by atoms with Gasteiger partial charge in [-0.2, -0.15) is 0 Å². The number of fused-ring (bicyclic) bond motifs is 2. The molecule has 112 valence electrons. The zero-order valence-electron chi connectivity index (χ0n) is 11.9. The third-order valence-corrected chi connectivity index (χ3v) is 5.24. The second-order valence-electron chi connectivity index (χ2n) is 6.59. The number of carbonyl (C=O) groups excluding carboxylic acids is 1. The highest BCUT2D eigenvalue weighted by Crippen LogP contribution is 2.41. The zero-order chi connectivity index (χ0) is 14.1. The fourth-order valence-electron chi connectivity index (χ4n) is 4.34. The number of hydrogen-bond donors (Lipinski definition) is 2. The molecule has 0 saturated carbocycles. The van der Waals surface area contributed by atoms with Gasteiger partial charge in [0.2, 0.25) is 5.91 Å². The number of amides is 1. The van der Waals surface area contributed by atoms with Gasteiger partial charge in [0, 0.05) is 24.4 Å². The summed E-state index contributed by atoms with van der Waals surface area (Å²) in [5, 5.41) is 12.3. The van der Waals surface area contributed by atoms with Crippen LogP contribution in [0.25, 0.3) is 0 Å². The van der Waals surface area contributed by atoms with Crippen LogP contribution in [-0.4, -0.2) is 47.1 Å². The topological polar surface area (TPSA) is 69.6 Å². The van der Waals surface area contributed by atoms with Gasteiger partial charge in [0.05, 0.1) is 0 Å². The van der Waals surface area contributed by atoms with Gasteiger partial charge in [-0.1, -0.05) is 0 Å². The van der Waals surface area contributed by atoms with E-state index in [0.717, 1.165) is 51.6 Å². The molecule has 3 aliphatic rings. The Labute approximate surface area is 119 Å². The summed E-state index contributed by atoms with van der Waals surface area (Å²) in [6, 6.07) is 0.612. The minimum atomic E-state index is -0.701. The molecule has 20 heavy (non-hydrogen) atoms. The molecule has 0 aromatic heterocycles.